The molecule has 2 aromatic heterocycles. The lowest BCUT2D eigenvalue weighted by atomic mass is 10.4. The zero-order valence-electron chi connectivity index (χ0n) is 10.0. The molecule has 0 radical (unpaired) electrons. The van der Waals surface area contributed by atoms with Crippen LogP contribution in [0.5, 0.6) is 0 Å². The van der Waals surface area contributed by atoms with Gasteiger partial charge in [0.25, 0.3) is 0 Å². The van der Waals surface area contributed by atoms with Crippen molar-refractivity contribution in [1.82, 2.24) is 9.29 Å². The van der Waals surface area contributed by atoms with Crippen LogP contribution in [-0.4, -0.2) is 24.1 Å². The molecule has 0 aliphatic rings. The van der Waals surface area contributed by atoms with Gasteiger partial charge >= 0.3 is 5.97 Å². The highest BCUT2D eigenvalue weighted by Crippen LogP contribution is 2.21. The lowest BCUT2D eigenvalue weighted by Crippen LogP contribution is -2.23. The van der Waals surface area contributed by atoms with Gasteiger partial charge in [-0.1, -0.05) is 0 Å². The third kappa shape index (κ3) is 3.03. The maximum Gasteiger partial charge on any atom is 0.345 e. The average molecular weight is 300 g/mol. The fourth-order valence-corrected chi connectivity index (χ4v) is 3.69. The molecule has 102 valence electrons. The average Bonchev–Trinajstić information content (AvgIpc) is 2.95. The molecule has 0 spiro atoms. The van der Waals surface area contributed by atoms with Crippen LogP contribution in [0.15, 0.2) is 34.7 Å². The van der Waals surface area contributed by atoms with Crippen LogP contribution in [0, 0.1) is 0 Å². The quantitative estimate of drug-likeness (QED) is 0.870. The summed E-state index contributed by atoms with van der Waals surface area (Å²) < 4.78 is 28.2. The molecule has 0 aliphatic heterocycles. The molecule has 0 saturated heterocycles. The van der Waals surface area contributed by atoms with Crippen molar-refractivity contribution in [3.63, 3.8) is 0 Å². The number of carboxylic acid groups (broad SMARTS) is 1. The van der Waals surface area contributed by atoms with Crippen molar-refractivity contribution < 1.29 is 18.3 Å². The largest absolute Gasteiger partial charge is 0.477 e. The van der Waals surface area contributed by atoms with Crippen molar-refractivity contribution in [3.8, 4) is 0 Å². The van der Waals surface area contributed by atoms with Crippen molar-refractivity contribution >= 4 is 27.3 Å². The molecule has 0 aromatic carbocycles. The minimum atomic E-state index is -3.67. The minimum absolute atomic E-state index is 0.000702. The number of sulfonamides is 1. The van der Waals surface area contributed by atoms with E-state index >= 15 is 0 Å². The van der Waals surface area contributed by atoms with E-state index in [0.29, 0.717) is 0 Å². The van der Waals surface area contributed by atoms with E-state index in [9.17, 15) is 13.2 Å². The van der Waals surface area contributed by atoms with Crippen molar-refractivity contribution in [2.45, 2.75) is 10.8 Å². The molecule has 2 rings (SSSR count). The van der Waals surface area contributed by atoms with Crippen molar-refractivity contribution in [2.75, 3.05) is 0 Å². The number of nitrogens with zero attached hydrogens (tertiary/aromatic N) is 1. The number of aromatic nitrogens is 1. The van der Waals surface area contributed by atoms with E-state index in [1.807, 2.05) is 19.3 Å². The second-order valence-corrected chi connectivity index (χ2v) is 6.94. The van der Waals surface area contributed by atoms with Gasteiger partial charge in [-0.3, -0.25) is 0 Å². The van der Waals surface area contributed by atoms with Gasteiger partial charge in [-0.15, -0.1) is 11.3 Å². The second kappa shape index (κ2) is 5.16. The van der Waals surface area contributed by atoms with Gasteiger partial charge in [0, 0.05) is 18.9 Å². The predicted molar refractivity (Wildman–Crippen MR) is 70.7 cm³/mol. The molecule has 0 amide bonds. The van der Waals surface area contributed by atoms with Gasteiger partial charge < -0.3 is 9.67 Å². The summed E-state index contributed by atoms with van der Waals surface area (Å²) in [6.07, 6.45) is 1.82. The van der Waals surface area contributed by atoms with E-state index in [4.69, 9.17) is 5.11 Å². The number of thiophene rings is 1. The topological polar surface area (TPSA) is 88.4 Å². The monoisotopic (exact) mass is 300 g/mol. The third-order valence-electron chi connectivity index (χ3n) is 2.55. The molecule has 6 nitrogen and oxygen atoms in total. The third-order valence-corrected chi connectivity index (χ3v) is 5.52. The molecular formula is C11H12N2O4S2. The molecule has 19 heavy (non-hydrogen) atoms. The molecule has 8 heteroatoms. The van der Waals surface area contributed by atoms with Crippen molar-refractivity contribution in [1.29, 1.82) is 0 Å². The van der Waals surface area contributed by atoms with E-state index in [1.165, 1.54) is 12.1 Å². The summed E-state index contributed by atoms with van der Waals surface area (Å²) in [4.78, 5) is 10.7. The number of hydrogen-bond acceptors (Lipinski definition) is 4. The van der Waals surface area contributed by atoms with Gasteiger partial charge in [0.05, 0.1) is 6.54 Å². The first-order valence-corrected chi connectivity index (χ1v) is 7.63. The molecule has 0 atom stereocenters. The van der Waals surface area contributed by atoms with E-state index in [0.717, 1.165) is 17.0 Å². The fraction of sp³-hybridized carbons (Fsp3) is 0.182. The number of aryl methyl sites for hydroxylation is 1. The van der Waals surface area contributed by atoms with Gasteiger partial charge in [-0.25, -0.2) is 17.9 Å². The SMILES string of the molecule is Cn1cccc1CNS(=O)(=O)c1ccc(C(=O)O)s1. The molecule has 0 fully saturated rings. The van der Waals surface area contributed by atoms with Gasteiger partial charge in [0.2, 0.25) is 10.0 Å². The van der Waals surface area contributed by atoms with E-state index in [-0.39, 0.29) is 15.6 Å². The van der Waals surface area contributed by atoms with Gasteiger partial charge in [0.1, 0.15) is 9.09 Å². The molecule has 2 N–H and O–H groups in total. The van der Waals surface area contributed by atoms with E-state index in [2.05, 4.69) is 4.72 Å². The Balaban J connectivity index is 2.14. The Labute approximate surface area is 114 Å². The van der Waals surface area contributed by atoms with Crippen molar-refractivity contribution in [2.24, 2.45) is 7.05 Å². The lowest BCUT2D eigenvalue weighted by Gasteiger charge is -2.05. The maximum atomic E-state index is 12.0. The molecule has 0 bridgehead atoms. The minimum Gasteiger partial charge on any atom is -0.477 e. The number of carboxylic acids is 1. The number of nitrogens with one attached hydrogen (secondary N) is 1. The normalized spacial score (nSPS) is 11.6. The summed E-state index contributed by atoms with van der Waals surface area (Å²) in [5.74, 6) is -1.13. The second-order valence-electron chi connectivity index (χ2n) is 3.86. The van der Waals surface area contributed by atoms with Crippen LogP contribution >= 0.6 is 11.3 Å². The van der Waals surface area contributed by atoms with Gasteiger partial charge in [-0.05, 0) is 24.3 Å². The molecular weight excluding hydrogens is 288 g/mol. The van der Waals surface area contributed by atoms with Crippen LogP contribution in [0.2, 0.25) is 0 Å². The van der Waals surface area contributed by atoms with Gasteiger partial charge in [-0.2, -0.15) is 0 Å². The first-order valence-electron chi connectivity index (χ1n) is 5.33. The predicted octanol–water partition coefficient (Wildman–Crippen LogP) is 1.26. The Kier molecular flexibility index (Phi) is 3.74. The Bertz CT molecular complexity index is 700. The molecule has 2 heterocycles. The number of hydrogen-bond donors (Lipinski definition) is 2. The molecule has 2 aromatic rings. The smallest absolute Gasteiger partial charge is 0.345 e. The number of rotatable bonds is 5. The molecule has 0 aliphatic carbocycles. The lowest BCUT2D eigenvalue weighted by molar-refractivity contribution is 0.0702. The summed E-state index contributed by atoms with van der Waals surface area (Å²) in [6.45, 7) is 0.159. The summed E-state index contributed by atoms with van der Waals surface area (Å²) in [6, 6.07) is 6.20. The molecule has 0 unspecified atom stereocenters. The first kappa shape index (κ1) is 13.8. The van der Waals surface area contributed by atoms with Crippen LogP contribution in [0.3, 0.4) is 0 Å². The highest BCUT2D eigenvalue weighted by Gasteiger charge is 2.18. The van der Waals surface area contributed by atoms with Crippen LogP contribution in [0.25, 0.3) is 0 Å². The van der Waals surface area contributed by atoms with Crippen LogP contribution < -0.4 is 4.72 Å². The van der Waals surface area contributed by atoms with Gasteiger partial charge in [0.15, 0.2) is 0 Å². The van der Waals surface area contributed by atoms with Crippen LogP contribution in [0.4, 0.5) is 0 Å². The Hall–Kier alpha value is -1.64. The zero-order valence-corrected chi connectivity index (χ0v) is 11.7. The van der Waals surface area contributed by atoms with Crippen molar-refractivity contribution in [3.05, 3.63) is 41.0 Å². The van der Waals surface area contributed by atoms with E-state index < -0.39 is 16.0 Å². The summed E-state index contributed by atoms with van der Waals surface area (Å²) in [5.41, 5.74) is 0.818. The number of aromatic carboxylic acids is 1. The van der Waals surface area contributed by atoms with Crippen LogP contribution in [0.1, 0.15) is 15.4 Å². The summed E-state index contributed by atoms with van der Waals surface area (Å²) >= 11 is 0.733. The van der Waals surface area contributed by atoms with E-state index in [1.54, 1.807) is 10.6 Å². The molecule has 0 saturated carbocycles. The zero-order chi connectivity index (χ0) is 14.0. The Morgan fingerprint density at radius 2 is 2.16 bits per heavy atom. The number of carbonyl (C=O) groups is 1. The fourth-order valence-electron chi connectivity index (χ4n) is 1.50. The van der Waals surface area contributed by atoms with Crippen LogP contribution in [-0.2, 0) is 23.6 Å². The maximum absolute atomic E-state index is 12.0. The summed E-state index contributed by atoms with van der Waals surface area (Å²) in [5, 5.41) is 8.77. The Morgan fingerprint density at radius 1 is 1.42 bits per heavy atom. The summed E-state index contributed by atoms with van der Waals surface area (Å²) in [7, 11) is -1.86. The highest BCUT2D eigenvalue weighted by molar-refractivity contribution is 7.91. The highest BCUT2D eigenvalue weighted by atomic mass is 32.2. The Morgan fingerprint density at radius 3 is 2.68 bits per heavy atom. The first-order chi connectivity index (χ1) is 8.90. The standard InChI is InChI=1S/C11H12N2O4S2/c1-13-6-2-3-8(13)7-12-19(16,17)10-5-4-9(18-10)11(14)15/h2-6,12H,7H2,1H3,(H,14,15).